The fourth-order valence-electron chi connectivity index (χ4n) is 4.27. The molecule has 4 rings (SSSR count). The number of nitrogens with zero attached hydrogens (tertiary/aromatic N) is 2. The van der Waals surface area contributed by atoms with E-state index in [1.807, 2.05) is 19.9 Å². The minimum Gasteiger partial charge on any atom is -0.293 e. The Kier molecular flexibility index (Phi) is 6.49. The van der Waals surface area contributed by atoms with Crippen LogP contribution in [-0.2, 0) is 19.4 Å². The number of benzene rings is 1. The Balaban J connectivity index is 1.69. The van der Waals surface area contributed by atoms with Gasteiger partial charge in [-0.1, -0.05) is 30.3 Å². The first-order chi connectivity index (χ1) is 14.9. The number of thiophene rings is 1. The molecule has 2 aromatic heterocycles. The van der Waals surface area contributed by atoms with E-state index in [0.29, 0.717) is 11.7 Å². The van der Waals surface area contributed by atoms with Crippen molar-refractivity contribution in [3.8, 4) is 0 Å². The third kappa shape index (κ3) is 4.28. The highest BCUT2D eigenvalue weighted by molar-refractivity contribution is 7.99. The zero-order chi connectivity index (χ0) is 22.1. The number of Topliss-reactive ketones (excluding diaryl/α,β-unsaturated/α-hetero) is 1. The summed E-state index contributed by atoms with van der Waals surface area (Å²) in [5.41, 5.74) is 5.24. The van der Waals surface area contributed by atoms with Crippen molar-refractivity contribution in [3.05, 3.63) is 67.8 Å². The number of hydrogen-bond donors (Lipinski definition) is 0. The van der Waals surface area contributed by atoms with Crippen molar-refractivity contribution < 1.29 is 4.79 Å². The molecule has 6 heteroatoms. The zero-order valence-electron chi connectivity index (χ0n) is 18.4. The molecule has 162 valence electrons. The first-order valence-corrected chi connectivity index (χ1v) is 12.6. The van der Waals surface area contributed by atoms with Gasteiger partial charge in [-0.2, -0.15) is 0 Å². The number of aryl methyl sites for hydroxylation is 5. The predicted molar refractivity (Wildman–Crippen MR) is 131 cm³/mol. The summed E-state index contributed by atoms with van der Waals surface area (Å²) in [5.74, 6) is 0.316. The molecule has 4 nitrogen and oxygen atoms in total. The Hall–Kier alpha value is -2.18. The molecule has 0 unspecified atom stereocenters. The third-order valence-electron chi connectivity index (χ3n) is 6.07. The fraction of sp³-hybridized carbons (Fsp3) is 0.400. The molecular weight excluding hydrogens is 424 g/mol. The summed E-state index contributed by atoms with van der Waals surface area (Å²) in [6, 6.07) is 4.03. The number of carbonyl (C=O) groups excluding carboxylic acids is 1. The fourth-order valence-corrected chi connectivity index (χ4v) is 6.46. The molecule has 0 saturated carbocycles. The highest BCUT2D eigenvalue weighted by atomic mass is 32.2. The molecule has 1 aromatic carbocycles. The van der Waals surface area contributed by atoms with Crippen LogP contribution < -0.4 is 5.56 Å². The van der Waals surface area contributed by atoms with Crippen LogP contribution in [0.5, 0.6) is 0 Å². The Bertz CT molecular complexity index is 1240. The van der Waals surface area contributed by atoms with Gasteiger partial charge >= 0.3 is 0 Å². The summed E-state index contributed by atoms with van der Waals surface area (Å²) in [4.78, 5) is 33.4. The Labute approximate surface area is 191 Å². The second-order valence-corrected chi connectivity index (χ2v) is 10.3. The molecule has 0 spiro atoms. The molecule has 2 heterocycles. The van der Waals surface area contributed by atoms with Crippen molar-refractivity contribution >= 4 is 39.1 Å². The lowest BCUT2D eigenvalue weighted by Crippen LogP contribution is -2.23. The van der Waals surface area contributed by atoms with Crippen LogP contribution >= 0.6 is 23.1 Å². The molecule has 1 aliphatic rings. The number of ketones is 1. The minimum atomic E-state index is 0.00149. The molecule has 0 bridgehead atoms. The molecule has 0 aliphatic heterocycles. The number of aromatic nitrogens is 2. The van der Waals surface area contributed by atoms with Gasteiger partial charge < -0.3 is 0 Å². The Morgan fingerprint density at radius 3 is 2.68 bits per heavy atom. The molecule has 0 radical (unpaired) electrons. The van der Waals surface area contributed by atoms with Crippen molar-refractivity contribution in [1.82, 2.24) is 9.55 Å². The molecule has 0 atom stereocenters. The average molecular weight is 453 g/mol. The normalized spacial score (nSPS) is 13.8. The third-order valence-corrected chi connectivity index (χ3v) is 8.24. The van der Waals surface area contributed by atoms with Gasteiger partial charge in [-0.3, -0.25) is 14.2 Å². The van der Waals surface area contributed by atoms with Gasteiger partial charge in [0, 0.05) is 17.0 Å². The highest BCUT2D eigenvalue weighted by Gasteiger charge is 2.22. The quantitative estimate of drug-likeness (QED) is 0.156. The van der Waals surface area contributed by atoms with E-state index in [1.54, 1.807) is 22.0 Å². The maximum absolute atomic E-state index is 13.4. The number of fused-ring (bicyclic) bond motifs is 3. The van der Waals surface area contributed by atoms with Crippen molar-refractivity contribution in [2.24, 2.45) is 0 Å². The zero-order valence-corrected chi connectivity index (χ0v) is 20.0. The molecule has 0 N–H and O–H groups in total. The first-order valence-electron chi connectivity index (χ1n) is 10.8. The molecule has 0 amide bonds. The van der Waals surface area contributed by atoms with Crippen LogP contribution in [0.15, 0.2) is 34.7 Å². The Morgan fingerprint density at radius 1 is 1.16 bits per heavy atom. The van der Waals surface area contributed by atoms with Gasteiger partial charge in [-0.25, -0.2) is 4.98 Å². The number of allylic oxidation sites excluding steroid dienone is 1. The summed E-state index contributed by atoms with van der Waals surface area (Å²) in [6.45, 7) is 10.3. The van der Waals surface area contributed by atoms with Crippen molar-refractivity contribution in [3.63, 3.8) is 0 Å². The van der Waals surface area contributed by atoms with E-state index < -0.39 is 0 Å². The van der Waals surface area contributed by atoms with E-state index in [2.05, 4.69) is 19.6 Å². The van der Waals surface area contributed by atoms with Crippen LogP contribution in [0.4, 0.5) is 0 Å². The van der Waals surface area contributed by atoms with Crippen LogP contribution in [0, 0.1) is 20.8 Å². The second kappa shape index (κ2) is 9.13. The van der Waals surface area contributed by atoms with Gasteiger partial charge in [0.1, 0.15) is 4.83 Å². The highest BCUT2D eigenvalue weighted by Crippen LogP contribution is 2.34. The summed E-state index contributed by atoms with van der Waals surface area (Å²) in [5, 5.41) is 1.38. The monoisotopic (exact) mass is 452 g/mol. The Morgan fingerprint density at radius 2 is 1.90 bits per heavy atom. The molecule has 0 saturated heterocycles. The standard InChI is InChI=1S/C25H28N2O2S2/c1-5-11-27-24(29)22-18-9-7-6-8-10-21(18)31-23(22)26-25(27)30-14-20(28)19-13-16(3)15(2)12-17(19)4/h5,12-13H,1,6-11,14H2,2-4H3. The molecule has 0 fully saturated rings. The van der Waals surface area contributed by atoms with Crippen LogP contribution in [0.25, 0.3) is 10.2 Å². The van der Waals surface area contributed by atoms with E-state index >= 15 is 0 Å². The van der Waals surface area contributed by atoms with Crippen LogP contribution in [-0.4, -0.2) is 21.1 Å². The van der Waals surface area contributed by atoms with E-state index in [0.717, 1.165) is 46.2 Å². The van der Waals surface area contributed by atoms with Crippen molar-refractivity contribution in [2.45, 2.75) is 64.6 Å². The number of rotatable bonds is 6. The van der Waals surface area contributed by atoms with E-state index in [1.165, 1.54) is 40.6 Å². The van der Waals surface area contributed by atoms with Gasteiger partial charge in [0.2, 0.25) is 0 Å². The van der Waals surface area contributed by atoms with Crippen LogP contribution in [0.2, 0.25) is 0 Å². The number of carbonyl (C=O) groups is 1. The number of thioether (sulfide) groups is 1. The van der Waals surface area contributed by atoms with Crippen LogP contribution in [0.3, 0.4) is 0 Å². The van der Waals surface area contributed by atoms with Crippen molar-refractivity contribution in [1.29, 1.82) is 0 Å². The van der Waals surface area contributed by atoms with Crippen molar-refractivity contribution in [2.75, 3.05) is 5.75 Å². The average Bonchev–Trinajstić information content (AvgIpc) is 2.92. The van der Waals surface area contributed by atoms with Gasteiger partial charge in [0.05, 0.1) is 11.1 Å². The largest absolute Gasteiger partial charge is 0.293 e. The number of hydrogen-bond acceptors (Lipinski definition) is 5. The molecular formula is C25H28N2O2S2. The lowest BCUT2D eigenvalue weighted by molar-refractivity contribution is 0.102. The molecule has 31 heavy (non-hydrogen) atoms. The van der Waals surface area contributed by atoms with Gasteiger partial charge in [-0.15, -0.1) is 17.9 Å². The summed E-state index contributed by atoms with van der Waals surface area (Å²) >= 11 is 3.01. The van der Waals surface area contributed by atoms with Gasteiger partial charge in [0.15, 0.2) is 10.9 Å². The predicted octanol–water partition coefficient (Wildman–Crippen LogP) is 5.81. The molecule has 3 aromatic rings. The lowest BCUT2D eigenvalue weighted by atomic mass is 9.99. The van der Waals surface area contributed by atoms with Gasteiger partial charge in [-0.05, 0) is 74.8 Å². The SMILES string of the molecule is C=CCn1c(SCC(=O)c2cc(C)c(C)cc2C)nc2sc3c(c2c1=O)CCCCC3. The summed E-state index contributed by atoms with van der Waals surface area (Å²) in [7, 11) is 0. The smallest absolute Gasteiger partial charge is 0.263 e. The molecule has 1 aliphatic carbocycles. The van der Waals surface area contributed by atoms with E-state index in [4.69, 9.17) is 4.98 Å². The summed E-state index contributed by atoms with van der Waals surface area (Å²) < 4.78 is 1.68. The van der Waals surface area contributed by atoms with Gasteiger partial charge in [0.25, 0.3) is 5.56 Å². The van der Waals surface area contributed by atoms with E-state index in [9.17, 15) is 9.59 Å². The van der Waals surface area contributed by atoms with E-state index in [-0.39, 0.29) is 17.1 Å². The minimum absolute atomic E-state index is 0.00149. The second-order valence-electron chi connectivity index (χ2n) is 8.31. The lowest BCUT2D eigenvalue weighted by Gasteiger charge is -2.12. The topological polar surface area (TPSA) is 52.0 Å². The van der Waals surface area contributed by atoms with Crippen LogP contribution in [0.1, 0.15) is 56.8 Å². The maximum atomic E-state index is 13.4. The summed E-state index contributed by atoms with van der Waals surface area (Å²) in [6.07, 6.45) is 7.22. The first kappa shape index (κ1) is 22.0. The maximum Gasteiger partial charge on any atom is 0.263 e.